The third kappa shape index (κ3) is 4.45. The van der Waals surface area contributed by atoms with Crippen LogP contribution < -0.4 is 24.5 Å². The zero-order valence-electron chi connectivity index (χ0n) is 22.5. The van der Waals surface area contributed by atoms with Crippen LogP contribution in [-0.4, -0.2) is 31.3 Å². The Morgan fingerprint density at radius 2 is 1.80 bits per heavy atom. The Balaban J connectivity index is 1.46. The molecule has 2 aliphatic rings. The lowest BCUT2D eigenvalue weighted by Gasteiger charge is -2.29. The molecule has 4 aromatic rings. The lowest BCUT2D eigenvalue weighted by Crippen LogP contribution is -2.39. The van der Waals surface area contributed by atoms with E-state index in [0.29, 0.717) is 26.4 Å². The van der Waals surface area contributed by atoms with Crippen LogP contribution in [0.3, 0.4) is 0 Å². The van der Waals surface area contributed by atoms with Gasteiger partial charge in [-0.3, -0.25) is 9.36 Å². The van der Waals surface area contributed by atoms with Crippen molar-refractivity contribution < 1.29 is 14.3 Å². The molecule has 0 N–H and O–H groups in total. The number of hydrogen-bond donors (Lipinski definition) is 0. The summed E-state index contributed by atoms with van der Waals surface area (Å²) in [5.41, 5.74) is 4.69. The highest BCUT2D eigenvalue weighted by Gasteiger charge is 2.33. The SMILES string of the molecule is CCOC(=O)C1=C(C)N=c2s/c(=C/c3ccc4c(c3)Sc3ccccc3N4C)c(=O)n2[C@H]1c1ccc(OC)cc1. The highest BCUT2D eigenvalue weighted by atomic mass is 32.2. The summed E-state index contributed by atoms with van der Waals surface area (Å²) in [4.78, 5) is 36.7. The van der Waals surface area contributed by atoms with Gasteiger partial charge in [0.2, 0.25) is 0 Å². The maximum Gasteiger partial charge on any atom is 0.338 e. The number of carbonyl (C=O) groups is 1. The summed E-state index contributed by atoms with van der Waals surface area (Å²) in [7, 11) is 3.67. The minimum atomic E-state index is -0.660. The van der Waals surface area contributed by atoms with Gasteiger partial charge in [0, 0.05) is 16.8 Å². The van der Waals surface area contributed by atoms with E-state index in [4.69, 9.17) is 9.47 Å². The van der Waals surface area contributed by atoms with Gasteiger partial charge in [0.25, 0.3) is 5.56 Å². The molecule has 9 heteroatoms. The summed E-state index contributed by atoms with van der Waals surface area (Å²) in [5, 5.41) is 0. The molecule has 1 aromatic heterocycles. The van der Waals surface area contributed by atoms with Crippen LogP contribution in [0.1, 0.15) is 31.0 Å². The predicted octanol–water partition coefficient (Wildman–Crippen LogP) is 5.04. The summed E-state index contributed by atoms with van der Waals surface area (Å²) < 4.78 is 12.9. The standard InChI is InChI=1S/C31H27N3O4S2/c1-5-38-30(36)27-18(2)32-31-34(28(27)20-11-13-21(37-4)14-12-20)29(35)26(40-31)17-19-10-15-23-25(16-19)39-24-9-7-6-8-22(24)33(23)3/h6-17,28H,5H2,1-4H3/b26-17+/t28-/m0/s1. The molecule has 1 atom stereocenters. The van der Waals surface area contributed by atoms with Crippen LogP contribution >= 0.6 is 23.1 Å². The number of esters is 1. The maximum absolute atomic E-state index is 13.9. The Hall–Kier alpha value is -4.08. The molecular formula is C31H27N3O4S2. The Morgan fingerprint density at radius 3 is 2.55 bits per heavy atom. The smallest absolute Gasteiger partial charge is 0.338 e. The molecule has 6 rings (SSSR count). The Morgan fingerprint density at radius 1 is 1.05 bits per heavy atom. The van der Waals surface area contributed by atoms with Crippen molar-refractivity contribution in [2.45, 2.75) is 29.7 Å². The van der Waals surface area contributed by atoms with Crippen LogP contribution in [0, 0.1) is 0 Å². The number of para-hydroxylation sites is 1. The molecule has 0 aliphatic carbocycles. The number of hydrogen-bond acceptors (Lipinski definition) is 8. The molecule has 40 heavy (non-hydrogen) atoms. The Kier molecular flexibility index (Phi) is 6.85. The molecule has 0 saturated carbocycles. The van der Waals surface area contributed by atoms with Gasteiger partial charge < -0.3 is 14.4 Å². The molecule has 0 saturated heterocycles. The van der Waals surface area contributed by atoms with Crippen molar-refractivity contribution in [2.75, 3.05) is 25.7 Å². The van der Waals surface area contributed by atoms with E-state index >= 15 is 0 Å². The van der Waals surface area contributed by atoms with Crippen molar-refractivity contribution in [1.29, 1.82) is 0 Å². The second-order valence-corrected chi connectivity index (χ2v) is 11.5. The number of nitrogens with zero attached hydrogens (tertiary/aromatic N) is 3. The second-order valence-electron chi connectivity index (χ2n) is 9.43. The van der Waals surface area contributed by atoms with E-state index in [1.807, 2.05) is 48.5 Å². The molecule has 3 heterocycles. The van der Waals surface area contributed by atoms with E-state index < -0.39 is 12.0 Å². The average molecular weight is 570 g/mol. The van der Waals surface area contributed by atoms with Crippen LogP contribution in [0.25, 0.3) is 6.08 Å². The van der Waals surface area contributed by atoms with Crippen molar-refractivity contribution in [3.8, 4) is 5.75 Å². The molecule has 7 nitrogen and oxygen atoms in total. The highest BCUT2D eigenvalue weighted by Crippen LogP contribution is 2.47. The first-order valence-corrected chi connectivity index (χ1v) is 14.5. The first-order chi connectivity index (χ1) is 19.4. The first kappa shape index (κ1) is 26.2. The minimum absolute atomic E-state index is 0.202. The monoisotopic (exact) mass is 569 g/mol. The van der Waals surface area contributed by atoms with E-state index in [1.165, 1.54) is 21.9 Å². The van der Waals surface area contributed by atoms with Gasteiger partial charge in [-0.25, -0.2) is 9.79 Å². The molecule has 0 fully saturated rings. The van der Waals surface area contributed by atoms with Crippen LogP contribution in [-0.2, 0) is 9.53 Å². The number of carbonyl (C=O) groups excluding carboxylic acids is 1. The normalized spacial score (nSPS) is 16.1. The number of benzene rings is 3. The van der Waals surface area contributed by atoms with Crippen molar-refractivity contribution >= 4 is 46.5 Å². The maximum atomic E-state index is 13.9. The number of thiazole rings is 1. The van der Waals surface area contributed by atoms with Gasteiger partial charge in [0.05, 0.1) is 46.9 Å². The summed E-state index contributed by atoms with van der Waals surface area (Å²) in [6, 6.07) is 21.3. The highest BCUT2D eigenvalue weighted by molar-refractivity contribution is 7.99. The fraction of sp³-hybridized carbons (Fsp3) is 0.194. The number of aromatic nitrogens is 1. The lowest BCUT2D eigenvalue weighted by molar-refractivity contribution is -0.139. The number of fused-ring (bicyclic) bond motifs is 3. The Bertz CT molecular complexity index is 1850. The fourth-order valence-electron chi connectivity index (χ4n) is 5.09. The predicted molar refractivity (Wildman–Crippen MR) is 158 cm³/mol. The number of allylic oxidation sites excluding steroid dienone is 1. The third-order valence-electron chi connectivity index (χ3n) is 7.04. The summed E-state index contributed by atoms with van der Waals surface area (Å²) in [6.07, 6.45) is 1.90. The number of anilines is 2. The first-order valence-electron chi connectivity index (χ1n) is 12.9. The summed E-state index contributed by atoms with van der Waals surface area (Å²) >= 11 is 3.04. The summed E-state index contributed by atoms with van der Waals surface area (Å²) in [6.45, 7) is 3.78. The van der Waals surface area contributed by atoms with Crippen LogP contribution in [0.5, 0.6) is 5.75 Å². The van der Waals surface area contributed by atoms with E-state index in [2.05, 4.69) is 41.2 Å². The fourth-order valence-corrected chi connectivity index (χ4v) is 7.34. The molecule has 0 spiro atoms. The number of ether oxygens (including phenoxy) is 2. The molecule has 2 aliphatic heterocycles. The van der Waals surface area contributed by atoms with Gasteiger partial charge in [-0.1, -0.05) is 53.4 Å². The van der Waals surface area contributed by atoms with Crippen molar-refractivity contribution in [1.82, 2.24) is 4.57 Å². The molecule has 0 amide bonds. The van der Waals surface area contributed by atoms with Crippen LogP contribution in [0.2, 0.25) is 0 Å². The van der Waals surface area contributed by atoms with Gasteiger partial charge in [0.1, 0.15) is 5.75 Å². The molecule has 0 radical (unpaired) electrons. The van der Waals surface area contributed by atoms with Gasteiger partial charge in [-0.05, 0) is 67.4 Å². The zero-order valence-corrected chi connectivity index (χ0v) is 24.1. The van der Waals surface area contributed by atoms with Gasteiger partial charge in [-0.15, -0.1) is 0 Å². The second kappa shape index (κ2) is 10.5. The number of methoxy groups -OCH3 is 1. The molecule has 0 unspecified atom stereocenters. The summed E-state index contributed by atoms with van der Waals surface area (Å²) in [5.74, 6) is 0.211. The topological polar surface area (TPSA) is 73.1 Å². The third-order valence-corrected chi connectivity index (χ3v) is 9.13. The molecule has 202 valence electrons. The van der Waals surface area contributed by atoms with E-state index in [9.17, 15) is 9.59 Å². The van der Waals surface area contributed by atoms with Crippen LogP contribution in [0.4, 0.5) is 11.4 Å². The number of rotatable bonds is 5. The van der Waals surface area contributed by atoms with Crippen LogP contribution in [0.15, 0.2) is 97.6 Å². The average Bonchev–Trinajstić information content (AvgIpc) is 3.26. The van der Waals surface area contributed by atoms with E-state index in [-0.39, 0.29) is 12.2 Å². The Labute approximate surface area is 239 Å². The molecule has 0 bridgehead atoms. The lowest BCUT2D eigenvalue weighted by atomic mass is 9.96. The van der Waals surface area contributed by atoms with Crippen molar-refractivity contribution in [3.63, 3.8) is 0 Å². The molecule has 3 aromatic carbocycles. The van der Waals surface area contributed by atoms with E-state index in [0.717, 1.165) is 21.7 Å². The largest absolute Gasteiger partial charge is 0.497 e. The quantitative estimate of drug-likeness (QED) is 0.314. The van der Waals surface area contributed by atoms with Crippen molar-refractivity contribution in [2.24, 2.45) is 4.99 Å². The van der Waals surface area contributed by atoms with Gasteiger partial charge >= 0.3 is 5.97 Å². The van der Waals surface area contributed by atoms with Gasteiger partial charge in [-0.2, -0.15) is 0 Å². The van der Waals surface area contributed by atoms with Gasteiger partial charge in [0.15, 0.2) is 4.80 Å². The van der Waals surface area contributed by atoms with E-state index in [1.54, 1.807) is 37.3 Å². The minimum Gasteiger partial charge on any atom is -0.497 e. The van der Waals surface area contributed by atoms with Crippen molar-refractivity contribution in [3.05, 3.63) is 109 Å². The molecular weight excluding hydrogens is 542 g/mol. The zero-order chi connectivity index (χ0) is 28.0.